The number of hydrogen-bond donors (Lipinski definition) is 2. The second-order valence-electron chi connectivity index (χ2n) is 3.63. The number of fused-ring (bicyclic) bond motifs is 1. The fourth-order valence-corrected chi connectivity index (χ4v) is 1.72. The summed E-state index contributed by atoms with van der Waals surface area (Å²) in [6.45, 7) is 5.27. The Labute approximate surface area is 95.0 Å². The van der Waals surface area contributed by atoms with Gasteiger partial charge in [-0.2, -0.15) is 0 Å². The lowest BCUT2D eigenvalue weighted by Gasteiger charge is -2.08. The van der Waals surface area contributed by atoms with Crippen LogP contribution in [0.4, 0.5) is 5.69 Å². The molecule has 0 atom stereocenters. The summed E-state index contributed by atoms with van der Waals surface area (Å²) in [4.78, 5) is 4.30. The Morgan fingerprint density at radius 3 is 3.06 bits per heavy atom. The van der Waals surface area contributed by atoms with Crippen molar-refractivity contribution in [3.8, 4) is 0 Å². The van der Waals surface area contributed by atoms with E-state index < -0.39 is 0 Å². The largest absolute Gasteiger partial charge is 0.397 e. The Hall–Kier alpha value is -1.87. The lowest BCUT2D eigenvalue weighted by atomic mass is 10.1. The minimum absolute atomic E-state index is 0.725. The average molecular weight is 213 g/mol. The van der Waals surface area contributed by atoms with Crippen molar-refractivity contribution in [2.75, 3.05) is 12.3 Å². The van der Waals surface area contributed by atoms with Crippen molar-refractivity contribution in [1.82, 2.24) is 10.3 Å². The van der Waals surface area contributed by atoms with E-state index in [4.69, 9.17) is 5.73 Å². The van der Waals surface area contributed by atoms with E-state index in [-0.39, 0.29) is 0 Å². The van der Waals surface area contributed by atoms with Crippen LogP contribution in [0, 0.1) is 0 Å². The number of benzene rings is 1. The summed E-state index contributed by atoms with van der Waals surface area (Å²) in [5.41, 5.74) is 8.69. The maximum Gasteiger partial charge on any atom is 0.0934 e. The number of pyridine rings is 1. The zero-order valence-electron chi connectivity index (χ0n) is 9.11. The molecule has 0 spiro atoms. The minimum Gasteiger partial charge on any atom is -0.397 e. The van der Waals surface area contributed by atoms with Gasteiger partial charge in [0.1, 0.15) is 0 Å². The second kappa shape index (κ2) is 4.77. The van der Waals surface area contributed by atoms with E-state index >= 15 is 0 Å². The normalized spacial score (nSPS) is 10.5. The van der Waals surface area contributed by atoms with Crippen molar-refractivity contribution in [3.05, 3.63) is 48.7 Å². The Kier molecular flexibility index (Phi) is 3.17. The Morgan fingerprint density at radius 2 is 2.25 bits per heavy atom. The van der Waals surface area contributed by atoms with Gasteiger partial charge in [-0.1, -0.05) is 18.2 Å². The monoisotopic (exact) mass is 213 g/mol. The van der Waals surface area contributed by atoms with Crippen LogP contribution < -0.4 is 11.1 Å². The van der Waals surface area contributed by atoms with Crippen LogP contribution in [0.1, 0.15) is 5.56 Å². The molecule has 0 aliphatic carbocycles. The Morgan fingerprint density at radius 1 is 1.38 bits per heavy atom. The van der Waals surface area contributed by atoms with Gasteiger partial charge in [0.25, 0.3) is 0 Å². The minimum atomic E-state index is 0.725. The first kappa shape index (κ1) is 10.6. The van der Waals surface area contributed by atoms with Gasteiger partial charge >= 0.3 is 0 Å². The number of nitrogens with two attached hydrogens (primary N) is 1. The first-order valence-corrected chi connectivity index (χ1v) is 5.26. The third kappa shape index (κ3) is 2.04. The molecule has 3 nitrogen and oxygen atoms in total. The van der Waals surface area contributed by atoms with Crippen molar-refractivity contribution >= 4 is 16.6 Å². The van der Waals surface area contributed by atoms with Gasteiger partial charge in [-0.15, -0.1) is 6.58 Å². The van der Waals surface area contributed by atoms with Gasteiger partial charge in [0, 0.05) is 24.7 Å². The van der Waals surface area contributed by atoms with Crippen LogP contribution in [0.25, 0.3) is 10.9 Å². The highest BCUT2D eigenvalue weighted by Gasteiger charge is 2.03. The molecule has 0 fully saturated rings. The number of anilines is 1. The molecular weight excluding hydrogens is 198 g/mol. The molecule has 0 saturated carbocycles. The van der Waals surface area contributed by atoms with E-state index in [0.29, 0.717) is 0 Å². The van der Waals surface area contributed by atoms with Gasteiger partial charge in [-0.3, -0.25) is 4.98 Å². The van der Waals surface area contributed by atoms with Gasteiger partial charge in [0.2, 0.25) is 0 Å². The van der Waals surface area contributed by atoms with Gasteiger partial charge in [-0.25, -0.2) is 0 Å². The molecule has 82 valence electrons. The van der Waals surface area contributed by atoms with E-state index in [1.807, 2.05) is 30.3 Å². The lowest BCUT2D eigenvalue weighted by molar-refractivity contribution is 0.765. The zero-order chi connectivity index (χ0) is 11.4. The summed E-state index contributed by atoms with van der Waals surface area (Å²) in [6.07, 6.45) is 3.61. The van der Waals surface area contributed by atoms with Crippen LogP contribution in [0.3, 0.4) is 0 Å². The number of nitrogen functional groups attached to an aromatic ring is 1. The predicted octanol–water partition coefficient (Wildman–Crippen LogP) is 2.09. The molecule has 0 amide bonds. The van der Waals surface area contributed by atoms with Crippen LogP contribution in [0.15, 0.2) is 43.1 Å². The SMILES string of the molecule is C=CCNCc1ccc(N)c2ncccc12. The molecule has 0 saturated heterocycles. The Bertz CT molecular complexity index is 506. The van der Waals surface area contributed by atoms with Crippen molar-refractivity contribution in [3.63, 3.8) is 0 Å². The molecule has 3 heteroatoms. The summed E-state index contributed by atoms with van der Waals surface area (Å²) in [7, 11) is 0. The summed E-state index contributed by atoms with van der Waals surface area (Å²) < 4.78 is 0. The molecule has 3 N–H and O–H groups in total. The van der Waals surface area contributed by atoms with Crippen molar-refractivity contribution in [2.24, 2.45) is 0 Å². The first-order valence-electron chi connectivity index (χ1n) is 5.26. The highest BCUT2D eigenvalue weighted by Crippen LogP contribution is 2.22. The van der Waals surface area contributed by atoms with Crippen molar-refractivity contribution < 1.29 is 0 Å². The zero-order valence-corrected chi connectivity index (χ0v) is 9.11. The molecular formula is C13H15N3. The maximum atomic E-state index is 5.88. The van der Waals surface area contributed by atoms with Crippen LogP contribution >= 0.6 is 0 Å². The van der Waals surface area contributed by atoms with Crippen LogP contribution in [-0.2, 0) is 6.54 Å². The van der Waals surface area contributed by atoms with Crippen LogP contribution in [0.5, 0.6) is 0 Å². The molecule has 1 heterocycles. The quantitative estimate of drug-likeness (QED) is 0.464. The van der Waals surface area contributed by atoms with E-state index in [2.05, 4.69) is 16.9 Å². The summed E-state index contributed by atoms with van der Waals surface area (Å²) >= 11 is 0. The molecule has 0 aliphatic rings. The standard InChI is InChI=1S/C13H15N3/c1-2-7-15-9-10-5-6-12(14)13-11(10)4-3-8-16-13/h2-6,8,15H,1,7,9,14H2. The highest BCUT2D eigenvalue weighted by molar-refractivity contribution is 5.91. The number of aromatic nitrogens is 1. The van der Waals surface area contributed by atoms with E-state index in [1.165, 1.54) is 5.56 Å². The fourth-order valence-electron chi connectivity index (χ4n) is 1.72. The summed E-state index contributed by atoms with van der Waals surface area (Å²) in [5, 5.41) is 4.39. The number of nitrogens with one attached hydrogen (secondary N) is 1. The first-order chi connectivity index (χ1) is 7.83. The van der Waals surface area contributed by atoms with E-state index in [9.17, 15) is 0 Å². The van der Waals surface area contributed by atoms with E-state index in [0.717, 1.165) is 29.7 Å². The van der Waals surface area contributed by atoms with Gasteiger partial charge < -0.3 is 11.1 Å². The number of nitrogens with zero attached hydrogens (tertiary/aromatic N) is 1. The fraction of sp³-hybridized carbons (Fsp3) is 0.154. The average Bonchev–Trinajstić information content (AvgIpc) is 2.33. The number of rotatable bonds is 4. The van der Waals surface area contributed by atoms with Crippen molar-refractivity contribution in [2.45, 2.75) is 6.54 Å². The van der Waals surface area contributed by atoms with Gasteiger partial charge in [0.15, 0.2) is 0 Å². The number of hydrogen-bond acceptors (Lipinski definition) is 3. The molecule has 0 unspecified atom stereocenters. The molecule has 0 radical (unpaired) electrons. The topological polar surface area (TPSA) is 50.9 Å². The summed E-state index contributed by atoms with van der Waals surface area (Å²) in [6, 6.07) is 7.91. The Balaban J connectivity index is 2.38. The molecule has 1 aromatic carbocycles. The van der Waals surface area contributed by atoms with Crippen molar-refractivity contribution in [1.29, 1.82) is 0 Å². The smallest absolute Gasteiger partial charge is 0.0934 e. The molecule has 0 aliphatic heterocycles. The highest BCUT2D eigenvalue weighted by atomic mass is 14.8. The summed E-state index contributed by atoms with van der Waals surface area (Å²) in [5.74, 6) is 0. The molecule has 2 aromatic rings. The third-order valence-corrected chi connectivity index (χ3v) is 2.50. The predicted molar refractivity (Wildman–Crippen MR) is 68.1 cm³/mol. The van der Waals surface area contributed by atoms with E-state index in [1.54, 1.807) is 6.20 Å². The molecule has 0 bridgehead atoms. The molecule has 16 heavy (non-hydrogen) atoms. The van der Waals surface area contributed by atoms with Crippen LogP contribution in [0.2, 0.25) is 0 Å². The molecule has 2 rings (SSSR count). The van der Waals surface area contributed by atoms with Gasteiger partial charge in [-0.05, 0) is 17.7 Å². The van der Waals surface area contributed by atoms with Crippen LogP contribution in [-0.4, -0.2) is 11.5 Å². The van der Waals surface area contributed by atoms with Gasteiger partial charge in [0.05, 0.1) is 11.2 Å². The molecule has 1 aromatic heterocycles. The lowest BCUT2D eigenvalue weighted by Crippen LogP contribution is -2.13. The maximum absolute atomic E-state index is 5.88. The third-order valence-electron chi connectivity index (χ3n) is 2.50. The second-order valence-corrected chi connectivity index (χ2v) is 3.63.